The van der Waals surface area contributed by atoms with E-state index in [0.717, 1.165) is 41.0 Å². The average Bonchev–Trinajstić information content (AvgIpc) is 3.07. The molecule has 1 aliphatic carbocycles. The molecular formula is C27H28ClN3O3. The second-order valence-corrected chi connectivity index (χ2v) is 10.1. The van der Waals surface area contributed by atoms with Crippen LogP contribution in [0, 0.1) is 5.92 Å². The van der Waals surface area contributed by atoms with Gasteiger partial charge in [0, 0.05) is 30.3 Å². The van der Waals surface area contributed by atoms with E-state index in [1.54, 1.807) is 16.8 Å². The molecule has 176 valence electrons. The second kappa shape index (κ2) is 8.60. The van der Waals surface area contributed by atoms with Crippen LogP contribution in [0.3, 0.4) is 0 Å². The minimum absolute atomic E-state index is 0.170. The van der Waals surface area contributed by atoms with E-state index >= 15 is 0 Å². The van der Waals surface area contributed by atoms with Crippen LogP contribution in [0.5, 0.6) is 5.75 Å². The molecule has 0 saturated heterocycles. The lowest BCUT2D eigenvalue weighted by Crippen LogP contribution is -2.42. The maximum absolute atomic E-state index is 12.9. The Hall–Kier alpha value is -3.09. The monoisotopic (exact) mass is 477 g/mol. The number of halogens is 1. The van der Waals surface area contributed by atoms with Crippen LogP contribution in [0.25, 0.3) is 16.7 Å². The molecular weight excluding hydrogens is 450 g/mol. The van der Waals surface area contributed by atoms with Crippen LogP contribution < -0.4 is 10.3 Å². The standard InChI is InChI=1S/C27H28ClN3O3/c1-27(2,33)22-10-9-21(22)26-29-23-11-8-19(14-24(23)30(26)3)31-13-12-20(15-25(31)32)34-16-17-4-6-18(28)7-5-17/h4-8,11-15,21-22,33H,9-10,16H2,1-3H3. The molecule has 2 unspecified atom stereocenters. The van der Waals surface area contributed by atoms with Gasteiger partial charge in [0.2, 0.25) is 0 Å². The summed E-state index contributed by atoms with van der Waals surface area (Å²) < 4.78 is 9.48. The Bertz CT molecular complexity index is 1400. The number of imidazole rings is 1. The first-order valence-corrected chi connectivity index (χ1v) is 11.9. The van der Waals surface area contributed by atoms with Gasteiger partial charge in [0.25, 0.3) is 5.56 Å². The van der Waals surface area contributed by atoms with Crippen molar-refractivity contribution >= 4 is 22.6 Å². The molecule has 2 aromatic carbocycles. The molecule has 2 aromatic heterocycles. The van der Waals surface area contributed by atoms with E-state index in [9.17, 15) is 9.90 Å². The number of aryl methyl sites for hydroxylation is 1. The summed E-state index contributed by atoms with van der Waals surface area (Å²) in [6.07, 6.45) is 3.76. The minimum Gasteiger partial charge on any atom is -0.489 e. The fourth-order valence-corrected chi connectivity index (χ4v) is 4.97. The summed E-state index contributed by atoms with van der Waals surface area (Å²) in [4.78, 5) is 17.7. The van der Waals surface area contributed by atoms with Gasteiger partial charge >= 0.3 is 0 Å². The summed E-state index contributed by atoms with van der Waals surface area (Å²) in [5.74, 6) is 1.94. The average molecular weight is 478 g/mol. The number of nitrogens with zero attached hydrogens (tertiary/aromatic N) is 3. The van der Waals surface area contributed by atoms with Gasteiger partial charge < -0.3 is 14.4 Å². The van der Waals surface area contributed by atoms with Crippen molar-refractivity contribution in [1.29, 1.82) is 0 Å². The highest BCUT2D eigenvalue weighted by Crippen LogP contribution is 2.48. The van der Waals surface area contributed by atoms with Gasteiger partial charge in [0.1, 0.15) is 18.2 Å². The van der Waals surface area contributed by atoms with Gasteiger partial charge in [-0.25, -0.2) is 4.98 Å². The zero-order valence-electron chi connectivity index (χ0n) is 19.5. The number of benzene rings is 2. The quantitative estimate of drug-likeness (QED) is 0.413. The number of fused-ring (bicyclic) bond motifs is 1. The van der Waals surface area contributed by atoms with E-state index in [1.165, 1.54) is 6.07 Å². The van der Waals surface area contributed by atoms with Crippen molar-refractivity contribution in [2.24, 2.45) is 13.0 Å². The molecule has 0 amide bonds. The molecule has 0 aliphatic heterocycles. The summed E-state index contributed by atoms with van der Waals surface area (Å²) in [7, 11) is 2.00. The number of ether oxygens (including phenoxy) is 1. The van der Waals surface area contributed by atoms with Crippen LogP contribution >= 0.6 is 11.6 Å². The predicted molar refractivity (Wildman–Crippen MR) is 134 cm³/mol. The maximum Gasteiger partial charge on any atom is 0.258 e. The summed E-state index contributed by atoms with van der Waals surface area (Å²) in [5.41, 5.74) is 2.70. The third-order valence-electron chi connectivity index (χ3n) is 6.90. The van der Waals surface area contributed by atoms with Crippen LogP contribution in [-0.4, -0.2) is 24.8 Å². The third kappa shape index (κ3) is 4.24. The molecule has 5 rings (SSSR count). The van der Waals surface area contributed by atoms with Crippen molar-refractivity contribution in [1.82, 2.24) is 14.1 Å². The molecule has 6 nitrogen and oxygen atoms in total. The Morgan fingerprint density at radius 1 is 1.12 bits per heavy atom. The van der Waals surface area contributed by atoms with E-state index in [2.05, 4.69) is 4.57 Å². The van der Waals surface area contributed by atoms with E-state index in [-0.39, 0.29) is 17.4 Å². The van der Waals surface area contributed by atoms with Gasteiger partial charge in [-0.15, -0.1) is 0 Å². The number of pyridine rings is 1. The maximum atomic E-state index is 12.9. The van der Waals surface area contributed by atoms with Gasteiger partial charge in [-0.1, -0.05) is 23.7 Å². The van der Waals surface area contributed by atoms with Crippen LogP contribution in [0.4, 0.5) is 0 Å². The van der Waals surface area contributed by atoms with Gasteiger partial charge in [-0.05, 0) is 74.6 Å². The summed E-state index contributed by atoms with van der Waals surface area (Å²) >= 11 is 5.92. The van der Waals surface area contributed by atoms with Gasteiger partial charge in [0.05, 0.1) is 22.3 Å². The van der Waals surface area contributed by atoms with Crippen molar-refractivity contribution in [3.8, 4) is 11.4 Å². The zero-order chi connectivity index (χ0) is 24.0. The smallest absolute Gasteiger partial charge is 0.258 e. The molecule has 7 heteroatoms. The predicted octanol–water partition coefficient (Wildman–Crippen LogP) is 5.22. The first-order valence-electron chi connectivity index (χ1n) is 11.5. The third-order valence-corrected chi connectivity index (χ3v) is 7.15. The van der Waals surface area contributed by atoms with Crippen LogP contribution in [0.1, 0.15) is 44.0 Å². The lowest BCUT2D eigenvalue weighted by Gasteiger charge is -2.43. The Morgan fingerprint density at radius 3 is 2.53 bits per heavy atom. The highest BCUT2D eigenvalue weighted by atomic mass is 35.5. The highest BCUT2D eigenvalue weighted by Gasteiger charge is 2.43. The lowest BCUT2D eigenvalue weighted by molar-refractivity contribution is -0.0348. The van der Waals surface area contributed by atoms with Gasteiger partial charge in [-0.2, -0.15) is 0 Å². The zero-order valence-corrected chi connectivity index (χ0v) is 20.3. The summed E-state index contributed by atoms with van der Waals surface area (Å²) in [6, 6.07) is 16.5. The topological polar surface area (TPSA) is 69.3 Å². The van der Waals surface area contributed by atoms with Crippen molar-refractivity contribution in [2.45, 2.75) is 44.8 Å². The highest BCUT2D eigenvalue weighted by molar-refractivity contribution is 6.30. The van der Waals surface area contributed by atoms with Crippen molar-refractivity contribution in [3.05, 3.63) is 87.6 Å². The van der Waals surface area contributed by atoms with E-state index in [0.29, 0.717) is 17.4 Å². The van der Waals surface area contributed by atoms with Crippen molar-refractivity contribution < 1.29 is 9.84 Å². The largest absolute Gasteiger partial charge is 0.489 e. The molecule has 34 heavy (non-hydrogen) atoms. The normalized spacial score (nSPS) is 18.1. The number of rotatable bonds is 6. The fourth-order valence-electron chi connectivity index (χ4n) is 4.84. The molecule has 1 aliphatic rings. The van der Waals surface area contributed by atoms with Gasteiger partial charge in [-0.3, -0.25) is 9.36 Å². The molecule has 0 bridgehead atoms. The summed E-state index contributed by atoms with van der Waals surface area (Å²) in [5, 5.41) is 11.2. The fraction of sp³-hybridized carbons (Fsp3) is 0.333. The number of hydrogen-bond acceptors (Lipinski definition) is 4. The molecule has 4 aromatic rings. The Kier molecular flexibility index (Phi) is 5.74. The Labute approximate surface area is 203 Å². The van der Waals surface area contributed by atoms with Crippen molar-refractivity contribution in [2.75, 3.05) is 0 Å². The molecule has 0 radical (unpaired) electrons. The second-order valence-electron chi connectivity index (χ2n) is 9.63. The number of hydrogen-bond donors (Lipinski definition) is 1. The van der Waals surface area contributed by atoms with Crippen LogP contribution in [0.2, 0.25) is 5.02 Å². The number of aromatic nitrogens is 3. The van der Waals surface area contributed by atoms with Crippen LogP contribution in [-0.2, 0) is 13.7 Å². The molecule has 0 spiro atoms. The molecule has 1 fully saturated rings. The molecule has 2 heterocycles. The molecule has 2 atom stereocenters. The summed E-state index contributed by atoms with van der Waals surface area (Å²) in [6.45, 7) is 4.11. The molecule has 1 saturated carbocycles. The minimum atomic E-state index is -0.725. The van der Waals surface area contributed by atoms with Gasteiger partial charge in [0.15, 0.2) is 0 Å². The van der Waals surface area contributed by atoms with Crippen LogP contribution in [0.15, 0.2) is 65.6 Å². The Balaban J connectivity index is 1.39. The van der Waals surface area contributed by atoms with E-state index < -0.39 is 5.60 Å². The molecule has 1 N–H and O–H groups in total. The lowest BCUT2D eigenvalue weighted by atomic mass is 9.65. The first kappa shape index (κ1) is 22.7. The van der Waals surface area contributed by atoms with Crippen molar-refractivity contribution in [3.63, 3.8) is 0 Å². The SMILES string of the molecule is Cn1c(C2CCC2C(C)(C)O)nc2ccc(-n3ccc(OCc4ccc(Cl)cc4)cc3=O)cc21. The first-order chi connectivity index (χ1) is 16.2. The van der Waals surface area contributed by atoms with E-state index in [4.69, 9.17) is 21.3 Å². The Morgan fingerprint density at radius 2 is 1.88 bits per heavy atom. The van der Waals surface area contributed by atoms with E-state index in [1.807, 2.05) is 63.4 Å². The number of aliphatic hydroxyl groups is 1.